The van der Waals surface area contributed by atoms with Gasteiger partial charge >= 0.3 is 5.97 Å². The molecule has 2 aromatic rings. The number of nitrogens with zero attached hydrogens (tertiary/aromatic N) is 2. The number of aromatic nitrogens is 2. The highest BCUT2D eigenvalue weighted by molar-refractivity contribution is 9.10. The molecule has 0 atom stereocenters. The Bertz CT molecular complexity index is 605. The van der Waals surface area contributed by atoms with Gasteiger partial charge in [-0.15, -0.1) is 0 Å². The summed E-state index contributed by atoms with van der Waals surface area (Å²) in [6.45, 7) is 3.72. The highest BCUT2D eigenvalue weighted by Crippen LogP contribution is 2.24. The van der Waals surface area contributed by atoms with Crippen LogP contribution in [0.3, 0.4) is 0 Å². The number of para-hydroxylation sites is 1. The Kier molecular flexibility index (Phi) is 3.52. The summed E-state index contributed by atoms with van der Waals surface area (Å²) in [4.78, 5) is 10.8. The van der Waals surface area contributed by atoms with Crippen LogP contribution in [0.5, 0.6) is 0 Å². The maximum absolute atomic E-state index is 10.8. The van der Waals surface area contributed by atoms with Crippen molar-refractivity contribution in [1.29, 1.82) is 0 Å². The third kappa shape index (κ3) is 2.31. The van der Waals surface area contributed by atoms with E-state index in [-0.39, 0.29) is 6.42 Å². The van der Waals surface area contributed by atoms with E-state index in [2.05, 4.69) is 21.0 Å². The lowest BCUT2D eigenvalue weighted by molar-refractivity contribution is -0.136. The number of carboxylic acid groups (broad SMARTS) is 1. The monoisotopic (exact) mass is 308 g/mol. The molecule has 1 aromatic heterocycles. The molecule has 4 nitrogen and oxygen atoms in total. The number of carbonyl (C=O) groups is 1. The number of aliphatic carboxylic acids is 1. The van der Waals surface area contributed by atoms with Crippen molar-refractivity contribution >= 4 is 21.9 Å². The van der Waals surface area contributed by atoms with Gasteiger partial charge in [-0.05, 0) is 41.9 Å². The summed E-state index contributed by atoms with van der Waals surface area (Å²) in [5.74, 6) is -0.840. The van der Waals surface area contributed by atoms with Crippen molar-refractivity contribution in [3.63, 3.8) is 0 Å². The number of halogens is 1. The van der Waals surface area contributed by atoms with Crippen LogP contribution in [0.25, 0.3) is 5.69 Å². The zero-order valence-electron chi connectivity index (χ0n) is 10.1. The minimum absolute atomic E-state index is 0.00210. The summed E-state index contributed by atoms with van der Waals surface area (Å²) in [7, 11) is 0. The smallest absolute Gasteiger partial charge is 0.307 e. The first kappa shape index (κ1) is 12.8. The average molecular weight is 309 g/mol. The van der Waals surface area contributed by atoms with Gasteiger partial charge in [-0.1, -0.05) is 12.1 Å². The average Bonchev–Trinajstić information content (AvgIpc) is 2.57. The molecular formula is C13H13BrN2O2. The van der Waals surface area contributed by atoms with Crippen molar-refractivity contribution in [1.82, 2.24) is 9.78 Å². The van der Waals surface area contributed by atoms with Crippen LogP contribution in [0.2, 0.25) is 0 Å². The van der Waals surface area contributed by atoms with E-state index in [0.29, 0.717) is 0 Å². The first-order valence-electron chi connectivity index (χ1n) is 5.52. The molecule has 0 amide bonds. The van der Waals surface area contributed by atoms with Gasteiger partial charge in [-0.2, -0.15) is 5.10 Å². The molecule has 0 saturated carbocycles. The molecule has 0 aliphatic carbocycles. The summed E-state index contributed by atoms with van der Waals surface area (Å²) in [6, 6.07) is 7.72. The molecule has 94 valence electrons. The van der Waals surface area contributed by atoms with Gasteiger partial charge in [0.2, 0.25) is 0 Å². The summed E-state index contributed by atoms with van der Waals surface area (Å²) in [6.07, 6.45) is 0.00210. The molecule has 5 heteroatoms. The standard InChI is InChI=1S/C13H13BrN2O2/c1-8-10(7-13(17)18)9(2)16(15-8)12-6-4-3-5-11(12)14/h3-6H,7H2,1-2H3,(H,17,18). The Morgan fingerprint density at radius 2 is 2.06 bits per heavy atom. The van der Waals surface area contributed by atoms with Crippen LogP contribution in [0.15, 0.2) is 28.7 Å². The molecule has 1 N–H and O–H groups in total. The second-order valence-electron chi connectivity index (χ2n) is 4.08. The second kappa shape index (κ2) is 4.94. The maximum Gasteiger partial charge on any atom is 0.307 e. The van der Waals surface area contributed by atoms with E-state index in [9.17, 15) is 4.79 Å². The van der Waals surface area contributed by atoms with Crippen LogP contribution in [0.1, 0.15) is 17.0 Å². The fraction of sp³-hybridized carbons (Fsp3) is 0.231. The van der Waals surface area contributed by atoms with Gasteiger partial charge in [0.15, 0.2) is 0 Å². The van der Waals surface area contributed by atoms with E-state index in [4.69, 9.17) is 5.11 Å². The fourth-order valence-corrected chi connectivity index (χ4v) is 2.39. The van der Waals surface area contributed by atoms with Crippen LogP contribution in [0.4, 0.5) is 0 Å². The van der Waals surface area contributed by atoms with Gasteiger partial charge in [0.25, 0.3) is 0 Å². The van der Waals surface area contributed by atoms with Crippen molar-refractivity contribution in [3.8, 4) is 5.69 Å². The van der Waals surface area contributed by atoms with Crippen molar-refractivity contribution in [3.05, 3.63) is 45.7 Å². The van der Waals surface area contributed by atoms with E-state index in [1.807, 2.05) is 38.1 Å². The molecule has 0 aliphatic heterocycles. The van der Waals surface area contributed by atoms with Crippen LogP contribution < -0.4 is 0 Å². The Hall–Kier alpha value is -1.62. The lowest BCUT2D eigenvalue weighted by Gasteiger charge is -2.06. The molecule has 0 spiro atoms. The zero-order valence-corrected chi connectivity index (χ0v) is 11.7. The third-order valence-electron chi connectivity index (χ3n) is 2.85. The minimum atomic E-state index is -0.840. The SMILES string of the molecule is Cc1nn(-c2ccccc2Br)c(C)c1CC(=O)O. The van der Waals surface area contributed by atoms with Crippen molar-refractivity contribution in [2.24, 2.45) is 0 Å². The molecule has 2 rings (SSSR count). The number of hydrogen-bond acceptors (Lipinski definition) is 2. The molecule has 0 fully saturated rings. The first-order chi connectivity index (χ1) is 8.50. The van der Waals surface area contributed by atoms with Gasteiger partial charge in [0.1, 0.15) is 0 Å². The number of aryl methyl sites for hydroxylation is 1. The quantitative estimate of drug-likeness (QED) is 0.948. The highest BCUT2D eigenvalue weighted by Gasteiger charge is 2.16. The topological polar surface area (TPSA) is 55.1 Å². The summed E-state index contributed by atoms with van der Waals surface area (Å²) < 4.78 is 2.70. The maximum atomic E-state index is 10.8. The van der Waals surface area contributed by atoms with E-state index in [1.165, 1.54) is 0 Å². The summed E-state index contributed by atoms with van der Waals surface area (Å²) >= 11 is 3.47. The number of rotatable bonds is 3. The molecule has 0 saturated heterocycles. The van der Waals surface area contributed by atoms with E-state index < -0.39 is 5.97 Å². The molecular weight excluding hydrogens is 296 g/mol. The van der Waals surface area contributed by atoms with Gasteiger partial charge in [-0.25, -0.2) is 4.68 Å². The normalized spacial score (nSPS) is 10.6. The predicted molar refractivity (Wildman–Crippen MR) is 72.1 cm³/mol. The minimum Gasteiger partial charge on any atom is -0.481 e. The molecule has 1 aromatic carbocycles. The lowest BCUT2D eigenvalue weighted by atomic mass is 10.1. The molecule has 0 radical (unpaired) electrons. The molecule has 0 unspecified atom stereocenters. The van der Waals surface area contributed by atoms with E-state index in [1.54, 1.807) is 4.68 Å². The Morgan fingerprint density at radius 3 is 2.67 bits per heavy atom. The summed E-state index contributed by atoms with van der Waals surface area (Å²) in [5.41, 5.74) is 3.31. The van der Waals surface area contributed by atoms with Gasteiger partial charge in [0.05, 0.1) is 17.8 Å². The number of carboxylic acids is 1. The zero-order chi connectivity index (χ0) is 13.3. The van der Waals surface area contributed by atoms with Gasteiger partial charge < -0.3 is 5.11 Å². The third-order valence-corrected chi connectivity index (χ3v) is 3.52. The molecule has 0 bridgehead atoms. The van der Waals surface area contributed by atoms with E-state index >= 15 is 0 Å². The second-order valence-corrected chi connectivity index (χ2v) is 4.94. The molecule has 18 heavy (non-hydrogen) atoms. The van der Waals surface area contributed by atoms with Crippen LogP contribution in [-0.2, 0) is 11.2 Å². The first-order valence-corrected chi connectivity index (χ1v) is 6.31. The van der Waals surface area contributed by atoms with Crippen LogP contribution in [0, 0.1) is 13.8 Å². The predicted octanol–water partition coefficient (Wildman–Crippen LogP) is 2.88. The lowest BCUT2D eigenvalue weighted by Crippen LogP contribution is -2.04. The Morgan fingerprint density at radius 1 is 1.39 bits per heavy atom. The molecule has 1 heterocycles. The molecule has 0 aliphatic rings. The Balaban J connectivity index is 2.54. The highest BCUT2D eigenvalue weighted by atomic mass is 79.9. The van der Waals surface area contributed by atoms with Crippen molar-refractivity contribution in [2.75, 3.05) is 0 Å². The number of hydrogen-bond donors (Lipinski definition) is 1. The van der Waals surface area contributed by atoms with Crippen LogP contribution >= 0.6 is 15.9 Å². The van der Waals surface area contributed by atoms with Crippen molar-refractivity contribution < 1.29 is 9.90 Å². The van der Waals surface area contributed by atoms with E-state index in [0.717, 1.165) is 27.1 Å². The van der Waals surface area contributed by atoms with Gasteiger partial charge in [-0.3, -0.25) is 4.79 Å². The van der Waals surface area contributed by atoms with Crippen LogP contribution in [-0.4, -0.2) is 20.9 Å². The largest absolute Gasteiger partial charge is 0.481 e. The summed E-state index contributed by atoms with van der Waals surface area (Å²) in [5, 5.41) is 13.3. The van der Waals surface area contributed by atoms with Gasteiger partial charge in [0, 0.05) is 15.7 Å². The number of benzene rings is 1. The van der Waals surface area contributed by atoms with Crippen molar-refractivity contribution in [2.45, 2.75) is 20.3 Å². The fourth-order valence-electron chi connectivity index (χ4n) is 1.94. The Labute approximate surface area is 113 Å².